The molecule has 1 aromatic heterocycles. The molecule has 1 fully saturated rings. The van der Waals surface area contributed by atoms with Gasteiger partial charge < -0.3 is 9.64 Å². The lowest BCUT2D eigenvalue weighted by atomic mass is 10.1. The minimum absolute atomic E-state index is 0.119. The van der Waals surface area contributed by atoms with Gasteiger partial charge in [0.2, 0.25) is 0 Å². The van der Waals surface area contributed by atoms with Crippen LogP contribution in [0.15, 0.2) is 15.9 Å². The number of carbonyl (C=O) groups is 1. The average molecular weight is 332 g/mol. The highest BCUT2D eigenvalue weighted by Crippen LogP contribution is 2.36. The minimum atomic E-state index is 0.119. The fourth-order valence-electron chi connectivity index (χ4n) is 2.09. The normalized spacial score (nSPS) is 16.6. The number of methoxy groups -OCH3 is 1. The molecule has 1 amide bonds. The van der Waals surface area contributed by atoms with E-state index in [1.165, 1.54) is 24.2 Å². The minimum Gasteiger partial charge on any atom is -0.383 e. The fraction of sp³-hybridized carbons (Fsp3) is 0.615. The van der Waals surface area contributed by atoms with Gasteiger partial charge in [0.25, 0.3) is 5.91 Å². The van der Waals surface area contributed by atoms with Crippen molar-refractivity contribution in [1.82, 2.24) is 4.90 Å². The molecule has 0 aliphatic heterocycles. The van der Waals surface area contributed by atoms with E-state index in [0.717, 1.165) is 9.35 Å². The molecule has 0 radical (unpaired) electrons. The van der Waals surface area contributed by atoms with Crippen LogP contribution in [0.5, 0.6) is 0 Å². The van der Waals surface area contributed by atoms with Crippen molar-refractivity contribution in [2.75, 3.05) is 20.3 Å². The largest absolute Gasteiger partial charge is 0.383 e. The standard InChI is InChI=1S/C13H18BrNO2S/c1-9(10-3-4-10)15(6-7-17-2)13(16)12-11(14)5-8-18-12/h5,8-10H,3-4,6-7H2,1-2H3. The first kappa shape index (κ1) is 14.0. The first-order chi connectivity index (χ1) is 8.65. The molecule has 1 saturated carbocycles. The van der Waals surface area contributed by atoms with Crippen molar-refractivity contribution in [3.63, 3.8) is 0 Å². The number of amides is 1. The van der Waals surface area contributed by atoms with E-state index >= 15 is 0 Å². The highest BCUT2D eigenvalue weighted by atomic mass is 79.9. The summed E-state index contributed by atoms with van der Waals surface area (Å²) >= 11 is 4.93. The summed E-state index contributed by atoms with van der Waals surface area (Å²) in [5, 5.41) is 1.94. The van der Waals surface area contributed by atoms with Gasteiger partial charge in [-0.15, -0.1) is 11.3 Å². The topological polar surface area (TPSA) is 29.5 Å². The summed E-state index contributed by atoms with van der Waals surface area (Å²) in [6.45, 7) is 3.40. The lowest BCUT2D eigenvalue weighted by Gasteiger charge is -2.29. The van der Waals surface area contributed by atoms with Gasteiger partial charge in [0.1, 0.15) is 4.88 Å². The quantitative estimate of drug-likeness (QED) is 0.799. The van der Waals surface area contributed by atoms with Crippen molar-refractivity contribution in [3.05, 3.63) is 20.8 Å². The van der Waals surface area contributed by atoms with E-state index in [2.05, 4.69) is 22.9 Å². The molecule has 18 heavy (non-hydrogen) atoms. The monoisotopic (exact) mass is 331 g/mol. The van der Waals surface area contributed by atoms with Gasteiger partial charge in [0.05, 0.1) is 6.61 Å². The van der Waals surface area contributed by atoms with E-state index in [-0.39, 0.29) is 5.91 Å². The van der Waals surface area contributed by atoms with Crippen molar-refractivity contribution in [3.8, 4) is 0 Å². The van der Waals surface area contributed by atoms with Crippen LogP contribution < -0.4 is 0 Å². The predicted molar refractivity (Wildman–Crippen MR) is 77.1 cm³/mol. The van der Waals surface area contributed by atoms with Gasteiger partial charge in [-0.2, -0.15) is 0 Å². The van der Waals surface area contributed by atoms with E-state index in [9.17, 15) is 4.79 Å². The van der Waals surface area contributed by atoms with Crippen LogP contribution in [0.2, 0.25) is 0 Å². The van der Waals surface area contributed by atoms with Gasteiger partial charge in [-0.25, -0.2) is 0 Å². The number of thiophene rings is 1. The Morgan fingerprint density at radius 1 is 1.67 bits per heavy atom. The molecular formula is C13H18BrNO2S. The summed E-state index contributed by atoms with van der Waals surface area (Å²) in [7, 11) is 1.67. The molecule has 1 aliphatic carbocycles. The van der Waals surface area contributed by atoms with E-state index in [0.29, 0.717) is 25.1 Å². The molecule has 0 N–H and O–H groups in total. The Labute approximate surface area is 120 Å². The van der Waals surface area contributed by atoms with Gasteiger partial charge in [-0.1, -0.05) is 0 Å². The lowest BCUT2D eigenvalue weighted by Crippen LogP contribution is -2.41. The fourth-order valence-corrected chi connectivity index (χ4v) is 3.59. The third-order valence-electron chi connectivity index (χ3n) is 3.40. The second kappa shape index (κ2) is 6.17. The SMILES string of the molecule is COCCN(C(=O)c1sccc1Br)C(C)C1CC1. The molecule has 0 saturated heterocycles. The molecular weight excluding hydrogens is 314 g/mol. The number of ether oxygens (including phenoxy) is 1. The zero-order valence-electron chi connectivity index (χ0n) is 10.7. The third kappa shape index (κ3) is 3.13. The van der Waals surface area contributed by atoms with Crippen molar-refractivity contribution in [1.29, 1.82) is 0 Å². The van der Waals surface area contributed by atoms with Gasteiger partial charge in [-0.3, -0.25) is 4.79 Å². The van der Waals surface area contributed by atoms with E-state index in [1.54, 1.807) is 7.11 Å². The molecule has 1 atom stereocenters. The summed E-state index contributed by atoms with van der Waals surface area (Å²) in [5.41, 5.74) is 0. The van der Waals surface area contributed by atoms with Crippen LogP contribution in [0.4, 0.5) is 0 Å². The molecule has 1 aliphatic rings. The first-order valence-electron chi connectivity index (χ1n) is 6.18. The second-order valence-electron chi connectivity index (χ2n) is 4.67. The zero-order valence-corrected chi connectivity index (χ0v) is 13.1. The van der Waals surface area contributed by atoms with Gasteiger partial charge in [-0.05, 0) is 53.1 Å². The zero-order chi connectivity index (χ0) is 13.1. The van der Waals surface area contributed by atoms with Crippen LogP contribution in [0.25, 0.3) is 0 Å². The molecule has 1 aromatic rings. The van der Waals surface area contributed by atoms with E-state index in [1.807, 2.05) is 16.3 Å². The Kier molecular flexibility index (Phi) is 4.81. The van der Waals surface area contributed by atoms with Crippen LogP contribution in [0.1, 0.15) is 29.4 Å². The third-order valence-corrected chi connectivity index (χ3v) is 5.23. The Morgan fingerprint density at radius 2 is 2.39 bits per heavy atom. The van der Waals surface area contributed by atoms with Gasteiger partial charge >= 0.3 is 0 Å². The Hall–Kier alpha value is -0.390. The van der Waals surface area contributed by atoms with Crippen molar-refractivity contribution < 1.29 is 9.53 Å². The summed E-state index contributed by atoms with van der Waals surface area (Å²) in [5.74, 6) is 0.790. The number of hydrogen-bond acceptors (Lipinski definition) is 3. The maximum atomic E-state index is 12.6. The maximum Gasteiger partial charge on any atom is 0.265 e. The van der Waals surface area contributed by atoms with Gasteiger partial charge in [0, 0.05) is 24.2 Å². The highest BCUT2D eigenvalue weighted by molar-refractivity contribution is 9.10. The predicted octanol–water partition coefficient (Wildman–Crippen LogP) is 3.40. The molecule has 5 heteroatoms. The van der Waals surface area contributed by atoms with Crippen LogP contribution in [0, 0.1) is 5.92 Å². The first-order valence-corrected chi connectivity index (χ1v) is 7.85. The molecule has 2 rings (SSSR count). The van der Waals surface area contributed by atoms with Crippen LogP contribution in [-0.4, -0.2) is 37.1 Å². The smallest absolute Gasteiger partial charge is 0.265 e. The van der Waals surface area contributed by atoms with Crippen molar-refractivity contribution in [2.45, 2.75) is 25.8 Å². The Morgan fingerprint density at radius 3 is 2.89 bits per heavy atom. The van der Waals surface area contributed by atoms with Crippen molar-refractivity contribution in [2.24, 2.45) is 5.92 Å². The number of nitrogens with zero attached hydrogens (tertiary/aromatic N) is 1. The van der Waals surface area contributed by atoms with Crippen LogP contribution in [-0.2, 0) is 4.74 Å². The summed E-state index contributed by atoms with van der Waals surface area (Å²) in [4.78, 5) is 15.3. The average Bonchev–Trinajstić information content (AvgIpc) is 3.12. The van der Waals surface area contributed by atoms with E-state index in [4.69, 9.17) is 4.74 Å². The molecule has 0 bridgehead atoms. The van der Waals surface area contributed by atoms with E-state index < -0.39 is 0 Å². The molecule has 0 aromatic carbocycles. The van der Waals surface area contributed by atoms with Crippen LogP contribution >= 0.6 is 27.3 Å². The summed E-state index contributed by atoms with van der Waals surface area (Å²) in [6.07, 6.45) is 2.48. The molecule has 100 valence electrons. The second-order valence-corrected chi connectivity index (χ2v) is 6.44. The number of rotatable bonds is 6. The van der Waals surface area contributed by atoms with Gasteiger partial charge in [0.15, 0.2) is 0 Å². The maximum absolute atomic E-state index is 12.6. The number of halogens is 1. The molecule has 3 nitrogen and oxygen atoms in total. The molecule has 1 unspecified atom stereocenters. The molecule has 1 heterocycles. The highest BCUT2D eigenvalue weighted by Gasteiger charge is 2.35. The number of carbonyl (C=O) groups excluding carboxylic acids is 1. The summed E-state index contributed by atoms with van der Waals surface area (Å²) < 4.78 is 6.01. The Balaban J connectivity index is 2.12. The Bertz CT molecular complexity index is 417. The van der Waals surface area contributed by atoms with Crippen LogP contribution in [0.3, 0.4) is 0 Å². The number of hydrogen-bond donors (Lipinski definition) is 0. The van der Waals surface area contributed by atoms with Crippen molar-refractivity contribution >= 4 is 33.2 Å². The summed E-state index contributed by atoms with van der Waals surface area (Å²) in [6, 6.07) is 2.23. The molecule has 0 spiro atoms. The lowest BCUT2D eigenvalue weighted by molar-refractivity contribution is 0.0598.